The van der Waals surface area contributed by atoms with Crippen molar-refractivity contribution in [3.8, 4) is 0 Å². The van der Waals surface area contributed by atoms with Gasteiger partial charge in [-0.05, 0) is 13.3 Å². The van der Waals surface area contributed by atoms with Gasteiger partial charge in [-0.3, -0.25) is 4.18 Å². The van der Waals surface area contributed by atoms with Gasteiger partial charge < -0.3 is 0 Å². The number of hydrogen-bond acceptors (Lipinski definition) is 3. The molecule has 1 unspecified atom stereocenters. The lowest BCUT2D eigenvalue weighted by molar-refractivity contribution is 0.235. The van der Waals surface area contributed by atoms with Crippen LogP contribution in [0.5, 0.6) is 0 Å². The van der Waals surface area contributed by atoms with Gasteiger partial charge in [0.05, 0.1) is 12.4 Å². The van der Waals surface area contributed by atoms with Crippen molar-refractivity contribution in [2.45, 2.75) is 19.4 Å². The lowest BCUT2D eigenvalue weighted by atomic mass is 10.3. The monoisotopic (exact) mass is 164 g/mol. The summed E-state index contributed by atoms with van der Waals surface area (Å²) in [5, 5.41) is 0. The van der Waals surface area contributed by atoms with Crippen LogP contribution >= 0.6 is 0 Å². The first kappa shape index (κ1) is 9.65. The SMILES string of the molecule is C=CCC(C)OS(C)(=O)=O. The largest absolute Gasteiger partial charge is 0.267 e. The van der Waals surface area contributed by atoms with E-state index in [1.807, 2.05) is 0 Å². The van der Waals surface area contributed by atoms with Crippen molar-refractivity contribution in [1.29, 1.82) is 0 Å². The summed E-state index contributed by atoms with van der Waals surface area (Å²) in [6, 6.07) is 0. The fraction of sp³-hybridized carbons (Fsp3) is 0.667. The highest BCUT2D eigenvalue weighted by Gasteiger charge is 2.07. The Hall–Kier alpha value is -0.350. The molecular formula is C6H12O3S. The molecule has 0 aromatic heterocycles. The molecule has 0 fully saturated rings. The Morgan fingerprint density at radius 2 is 2.20 bits per heavy atom. The summed E-state index contributed by atoms with van der Waals surface area (Å²) in [5.41, 5.74) is 0. The van der Waals surface area contributed by atoms with Crippen LogP contribution in [0.15, 0.2) is 12.7 Å². The van der Waals surface area contributed by atoms with Crippen LogP contribution in [0, 0.1) is 0 Å². The van der Waals surface area contributed by atoms with Crippen molar-refractivity contribution >= 4 is 10.1 Å². The van der Waals surface area contributed by atoms with Gasteiger partial charge in [0.25, 0.3) is 10.1 Å². The first-order chi connectivity index (χ1) is 4.45. The van der Waals surface area contributed by atoms with Crippen LogP contribution in [-0.2, 0) is 14.3 Å². The molecule has 0 rings (SSSR count). The third kappa shape index (κ3) is 5.78. The van der Waals surface area contributed by atoms with Gasteiger partial charge in [-0.2, -0.15) is 8.42 Å². The molecule has 0 aliphatic carbocycles. The molecule has 0 bridgehead atoms. The Kier molecular flexibility index (Phi) is 3.60. The van der Waals surface area contributed by atoms with E-state index in [0.29, 0.717) is 6.42 Å². The minimum atomic E-state index is -3.29. The molecular weight excluding hydrogens is 152 g/mol. The van der Waals surface area contributed by atoms with Crippen molar-refractivity contribution in [2.24, 2.45) is 0 Å². The second kappa shape index (κ2) is 3.73. The van der Waals surface area contributed by atoms with E-state index in [4.69, 9.17) is 0 Å². The molecule has 0 aromatic rings. The highest BCUT2D eigenvalue weighted by molar-refractivity contribution is 7.86. The van der Waals surface area contributed by atoms with Crippen molar-refractivity contribution in [1.82, 2.24) is 0 Å². The van der Waals surface area contributed by atoms with Crippen molar-refractivity contribution in [3.05, 3.63) is 12.7 Å². The highest BCUT2D eigenvalue weighted by Crippen LogP contribution is 2.01. The normalized spacial score (nSPS) is 14.6. The van der Waals surface area contributed by atoms with E-state index in [1.165, 1.54) is 0 Å². The summed E-state index contributed by atoms with van der Waals surface area (Å²) in [4.78, 5) is 0. The maximum atomic E-state index is 10.5. The smallest absolute Gasteiger partial charge is 0.264 e. The van der Waals surface area contributed by atoms with Gasteiger partial charge in [0.15, 0.2) is 0 Å². The van der Waals surface area contributed by atoms with Crippen molar-refractivity contribution in [2.75, 3.05) is 6.26 Å². The molecule has 3 nitrogen and oxygen atoms in total. The van der Waals surface area contributed by atoms with Crippen LogP contribution < -0.4 is 0 Å². The summed E-state index contributed by atoms with van der Waals surface area (Å²) < 4.78 is 25.5. The highest BCUT2D eigenvalue weighted by atomic mass is 32.2. The fourth-order valence-corrected chi connectivity index (χ4v) is 1.25. The first-order valence-corrected chi connectivity index (χ1v) is 4.76. The predicted molar refractivity (Wildman–Crippen MR) is 40.2 cm³/mol. The minimum absolute atomic E-state index is 0.299. The third-order valence-corrected chi connectivity index (χ3v) is 1.52. The fourth-order valence-electron chi connectivity index (χ4n) is 0.572. The van der Waals surface area contributed by atoms with Gasteiger partial charge in [0, 0.05) is 0 Å². The predicted octanol–water partition coefficient (Wildman–Crippen LogP) is 0.927. The van der Waals surface area contributed by atoms with E-state index in [9.17, 15) is 8.42 Å². The molecule has 0 saturated carbocycles. The molecule has 4 heteroatoms. The molecule has 0 aliphatic heterocycles. The summed E-state index contributed by atoms with van der Waals surface area (Å²) in [6.07, 6.45) is 2.91. The molecule has 0 aromatic carbocycles. The lowest BCUT2D eigenvalue weighted by Crippen LogP contribution is -2.12. The molecule has 0 heterocycles. The van der Waals surface area contributed by atoms with Gasteiger partial charge in [0.2, 0.25) is 0 Å². The molecule has 0 saturated heterocycles. The molecule has 0 spiro atoms. The topological polar surface area (TPSA) is 43.4 Å². The van der Waals surface area contributed by atoms with Gasteiger partial charge >= 0.3 is 0 Å². The maximum absolute atomic E-state index is 10.5. The summed E-state index contributed by atoms with van der Waals surface area (Å²) in [6.45, 7) is 5.14. The second-order valence-corrected chi connectivity index (χ2v) is 3.74. The van der Waals surface area contributed by atoms with E-state index in [1.54, 1.807) is 13.0 Å². The average molecular weight is 164 g/mol. The van der Waals surface area contributed by atoms with Crippen LogP contribution in [0.1, 0.15) is 13.3 Å². The van der Waals surface area contributed by atoms with Gasteiger partial charge in [0.1, 0.15) is 0 Å². The summed E-state index contributed by atoms with van der Waals surface area (Å²) >= 11 is 0. The Morgan fingerprint density at radius 3 is 2.50 bits per heavy atom. The molecule has 0 amide bonds. The summed E-state index contributed by atoms with van der Waals surface area (Å²) in [7, 11) is -3.29. The standard InChI is InChI=1S/C6H12O3S/c1-4-5-6(2)9-10(3,7)8/h4,6H,1,5H2,2-3H3. The van der Waals surface area contributed by atoms with Crippen LogP contribution in [0.3, 0.4) is 0 Å². The number of hydrogen-bond donors (Lipinski definition) is 0. The first-order valence-electron chi connectivity index (χ1n) is 2.95. The van der Waals surface area contributed by atoms with E-state index in [2.05, 4.69) is 10.8 Å². The van der Waals surface area contributed by atoms with Gasteiger partial charge in [-0.25, -0.2) is 0 Å². The van der Waals surface area contributed by atoms with Crippen molar-refractivity contribution in [3.63, 3.8) is 0 Å². The molecule has 10 heavy (non-hydrogen) atoms. The van der Waals surface area contributed by atoms with E-state index in [-0.39, 0.29) is 6.10 Å². The Morgan fingerprint density at radius 1 is 1.70 bits per heavy atom. The van der Waals surface area contributed by atoms with Gasteiger partial charge in [-0.15, -0.1) is 6.58 Å². The molecule has 60 valence electrons. The lowest BCUT2D eigenvalue weighted by Gasteiger charge is -2.06. The Balaban J connectivity index is 3.80. The quantitative estimate of drug-likeness (QED) is 0.458. The molecule has 0 N–H and O–H groups in total. The molecule has 1 atom stereocenters. The number of rotatable bonds is 4. The van der Waals surface area contributed by atoms with Crippen LogP contribution in [0.25, 0.3) is 0 Å². The zero-order chi connectivity index (χ0) is 8.20. The van der Waals surface area contributed by atoms with E-state index < -0.39 is 10.1 Å². The van der Waals surface area contributed by atoms with Crippen molar-refractivity contribution < 1.29 is 12.6 Å². The van der Waals surface area contributed by atoms with Crippen LogP contribution in [0.2, 0.25) is 0 Å². The zero-order valence-electron chi connectivity index (χ0n) is 6.20. The zero-order valence-corrected chi connectivity index (χ0v) is 7.02. The second-order valence-electron chi connectivity index (χ2n) is 2.14. The van der Waals surface area contributed by atoms with Crippen LogP contribution in [-0.4, -0.2) is 20.8 Å². The van der Waals surface area contributed by atoms with E-state index in [0.717, 1.165) is 6.26 Å². The molecule has 0 aliphatic rings. The summed E-state index contributed by atoms with van der Waals surface area (Å²) in [5.74, 6) is 0. The van der Waals surface area contributed by atoms with E-state index >= 15 is 0 Å². The van der Waals surface area contributed by atoms with Gasteiger partial charge in [-0.1, -0.05) is 6.08 Å². The molecule has 0 radical (unpaired) electrons. The van der Waals surface area contributed by atoms with Crippen LogP contribution in [0.4, 0.5) is 0 Å². The third-order valence-electron chi connectivity index (χ3n) is 0.838. The minimum Gasteiger partial charge on any atom is -0.267 e. The average Bonchev–Trinajstić information content (AvgIpc) is 1.59. The Bertz CT molecular complexity index is 193. The Labute approximate surface area is 61.8 Å². The maximum Gasteiger partial charge on any atom is 0.264 e.